The van der Waals surface area contributed by atoms with Crippen LogP contribution in [-0.4, -0.2) is 89.4 Å². The molecule has 2 aliphatic heterocycles. The monoisotopic (exact) mass is 728 g/mol. The topological polar surface area (TPSA) is 135 Å². The number of aromatic nitrogens is 1. The number of aliphatic carboxylic acids is 1. The molecular weight excluding hydrogens is 681 g/mol. The molecule has 0 spiro atoms. The summed E-state index contributed by atoms with van der Waals surface area (Å²) in [6, 6.07) is 23.7. The molecule has 11 nitrogen and oxygen atoms in total. The first-order valence-corrected chi connectivity index (χ1v) is 19.1. The number of nitrogens with one attached hydrogen (secondary N) is 2. The van der Waals surface area contributed by atoms with Crippen molar-refractivity contribution >= 4 is 35.1 Å². The summed E-state index contributed by atoms with van der Waals surface area (Å²) >= 11 is 0. The number of nitrogens with zero attached hydrogens (tertiary/aromatic N) is 4. The Morgan fingerprint density at radius 2 is 1.61 bits per heavy atom. The second-order valence-corrected chi connectivity index (χ2v) is 14.6. The number of benzene rings is 3. The Bertz CT molecular complexity index is 2030. The van der Waals surface area contributed by atoms with Gasteiger partial charge in [0, 0.05) is 67.4 Å². The van der Waals surface area contributed by atoms with E-state index >= 15 is 0 Å². The van der Waals surface area contributed by atoms with Crippen LogP contribution in [0.4, 0.5) is 11.4 Å². The number of rotatable bonds is 11. The average molecular weight is 729 g/mol. The number of carbonyl (C=O) groups is 4. The number of fused-ring (bicyclic) bond motifs is 1. The first kappa shape index (κ1) is 36.8. The molecule has 3 amide bonds. The third-order valence-electron chi connectivity index (χ3n) is 11.0. The number of likely N-dealkylation sites (N-methyl/N-ethyl adjacent to an activating group) is 1. The fraction of sp³-hybridized carbons (Fsp3) is 0.372. The molecule has 2 saturated heterocycles. The van der Waals surface area contributed by atoms with Crippen molar-refractivity contribution in [2.24, 2.45) is 0 Å². The van der Waals surface area contributed by atoms with Crippen LogP contribution in [0, 0.1) is 0 Å². The number of carboxylic acids is 1. The van der Waals surface area contributed by atoms with Crippen molar-refractivity contribution in [1.82, 2.24) is 20.1 Å². The minimum Gasteiger partial charge on any atom is -0.480 e. The molecule has 280 valence electrons. The van der Waals surface area contributed by atoms with Crippen molar-refractivity contribution in [3.8, 4) is 11.3 Å². The third kappa shape index (κ3) is 8.31. The van der Waals surface area contributed by atoms with E-state index in [1.807, 2.05) is 35.2 Å². The fourth-order valence-electron chi connectivity index (χ4n) is 8.03. The second kappa shape index (κ2) is 16.6. The maximum Gasteiger partial charge on any atom is 0.320 e. The van der Waals surface area contributed by atoms with Crippen molar-refractivity contribution < 1.29 is 24.3 Å². The van der Waals surface area contributed by atoms with Gasteiger partial charge in [0.25, 0.3) is 17.7 Å². The van der Waals surface area contributed by atoms with Crippen LogP contribution in [0.15, 0.2) is 85.1 Å². The van der Waals surface area contributed by atoms with E-state index in [2.05, 4.69) is 32.7 Å². The number of hydrogen-bond donors (Lipinski definition) is 3. The summed E-state index contributed by atoms with van der Waals surface area (Å²) in [5.74, 6) is -1.64. The predicted molar refractivity (Wildman–Crippen MR) is 209 cm³/mol. The minimum atomic E-state index is -0.834. The van der Waals surface area contributed by atoms with Gasteiger partial charge in [-0.3, -0.25) is 29.1 Å². The summed E-state index contributed by atoms with van der Waals surface area (Å²) in [6.07, 6.45) is 9.38. The highest BCUT2D eigenvalue weighted by Crippen LogP contribution is 2.34. The van der Waals surface area contributed by atoms with E-state index < -0.39 is 12.0 Å². The third-order valence-corrected chi connectivity index (χ3v) is 11.0. The molecule has 3 aromatic carbocycles. The molecule has 2 fully saturated rings. The van der Waals surface area contributed by atoms with E-state index in [-0.39, 0.29) is 23.8 Å². The largest absolute Gasteiger partial charge is 0.480 e. The number of piperidine rings is 1. The molecule has 0 radical (unpaired) electrons. The van der Waals surface area contributed by atoms with E-state index in [1.54, 1.807) is 54.5 Å². The van der Waals surface area contributed by atoms with Crippen molar-refractivity contribution in [3.05, 3.63) is 113 Å². The van der Waals surface area contributed by atoms with Gasteiger partial charge in [-0.2, -0.15) is 0 Å². The van der Waals surface area contributed by atoms with Crippen LogP contribution in [0.1, 0.15) is 93.2 Å². The van der Waals surface area contributed by atoms with Crippen LogP contribution < -0.4 is 15.5 Å². The number of pyridine rings is 1. The van der Waals surface area contributed by atoms with Gasteiger partial charge >= 0.3 is 5.97 Å². The van der Waals surface area contributed by atoms with Crippen LogP contribution in [-0.2, 0) is 11.2 Å². The first-order chi connectivity index (χ1) is 26.2. The molecule has 7 rings (SSSR count). The van der Waals surface area contributed by atoms with Crippen molar-refractivity contribution in [1.29, 1.82) is 0 Å². The van der Waals surface area contributed by atoms with Crippen LogP contribution in [0.3, 0.4) is 0 Å². The number of anilines is 2. The summed E-state index contributed by atoms with van der Waals surface area (Å²) in [6.45, 7) is 3.40. The van der Waals surface area contributed by atoms with Gasteiger partial charge in [-0.1, -0.05) is 30.3 Å². The van der Waals surface area contributed by atoms with Crippen LogP contribution in [0.5, 0.6) is 0 Å². The second-order valence-electron chi connectivity index (χ2n) is 14.6. The highest BCUT2D eigenvalue weighted by molar-refractivity contribution is 6.08. The Morgan fingerprint density at radius 3 is 2.44 bits per heavy atom. The summed E-state index contributed by atoms with van der Waals surface area (Å²) in [5.41, 5.74) is 6.43. The number of hydrogen-bond acceptors (Lipinski definition) is 7. The molecule has 3 N–H and O–H groups in total. The van der Waals surface area contributed by atoms with E-state index in [4.69, 9.17) is 0 Å². The van der Waals surface area contributed by atoms with Crippen molar-refractivity contribution in [2.45, 2.75) is 63.5 Å². The number of likely N-dealkylation sites (tertiary alicyclic amines) is 1. The highest BCUT2D eigenvalue weighted by atomic mass is 16.4. The van der Waals surface area contributed by atoms with Gasteiger partial charge in [0.05, 0.1) is 17.4 Å². The molecule has 3 heterocycles. The van der Waals surface area contributed by atoms with E-state index in [9.17, 15) is 24.3 Å². The van der Waals surface area contributed by atoms with Gasteiger partial charge in [-0.05, 0) is 118 Å². The maximum absolute atomic E-state index is 13.8. The standard InChI is InChI=1S/C43H48N6O5/c1-47(24-25-49-23-9-16-39(49)43(53)54)42(52)32-13-7-12-30(26-32)40(50)46-37-18-17-33(48-21-5-2-6-22-48)28-35(37)38-27-31(19-20-44-38)41(51)45-36-15-8-11-29-10-3-4-14-34(29)36/h3-4,7,10,12-14,17-20,26-28,36,39H,2,5-6,8-9,11,15-16,21-25H2,1H3,(H,45,51)(H,46,50)(H,53,54)/t36?,39-/m0/s1. The maximum atomic E-state index is 13.8. The Morgan fingerprint density at radius 1 is 0.815 bits per heavy atom. The lowest BCUT2D eigenvalue weighted by Crippen LogP contribution is -2.41. The Hall–Kier alpha value is -5.55. The summed E-state index contributed by atoms with van der Waals surface area (Å²) in [5, 5.41) is 15.8. The Labute approximate surface area is 316 Å². The zero-order valence-corrected chi connectivity index (χ0v) is 30.8. The molecular formula is C43H48N6O5. The normalized spacial score (nSPS) is 18.4. The van der Waals surface area contributed by atoms with Gasteiger partial charge in [-0.25, -0.2) is 0 Å². The lowest BCUT2D eigenvalue weighted by molar-refractivity contribution is -0.142. The number of aryl methyl sites for hydroxylation is 1. The number of carboxylic acid groups (broad SMARTS) is 1. The smallest absolute Gasteiger partial charge is 0.320 e. The number of carbonyl (C=O) groups excluding carboxylic acids is 3. The molecule has 1 aromatic heterocycles. The molecule has 4 aromatic rings. The van der Waals surface area contributed by atoms with Crippen molar-refractivity contribution in [2.75, 3.05) is 50.0 Å². The predicted octanol–water partition coefficient (Wildman–Crippen LogP) is 6.42. The zero-order chi connectivity index (χ0) is 37.6. The summed E-state index contributed by atoms with van der Waals surface area (Å²) in [4.78, 5) is 63.0. The molecule has 54 heavy (non-hydrogen) atoms. The number of amides is 3. The average Bonchev–Trinajstić information content (AvgIpc) is 3.70. The molecule has 3 aliphatic rings. The molecule has 0 bridgehead atoms. The van der Waals surface area contributed by atoms with E-state index in [0.717, 1.165) is 57.3 Å². The summed E-state index contributed by atoms with van der Waals surface area (Å²) in [7, 11) is 1.69. The molecule has 11 heteroatoms. The van der Waals surface area contributed by atoms with Crippen LogP contribution in [0.25, 0.3) is 11.3 Å². The summed E-state index contributed by atoms with van der Waals surface area (Å²) < 4.78 is 0. The Kier molecular flexibility index (Phi) is 11.3. The lowest BCUT2D eigenvalue weighted by Gasteiger charge is -2.29. The molecule has 0 saturated carbocycles. The van der Waals surface area contributed by atoms with Crippen LogP contribution in [0.2, 0.25) is 0 Å². The van der Waals surface area contributed by atoms with Crippen molar-refractivity contribution in [3.63, 3.8) is 0 Å². The van der Waals surface area contributed by atoms with Gasteiger partial charge in [0.2, 0.25) is 0 Å². The molecule has 1 unspecified atom stereocenters. The van der Waals surface area contributed by atoms with Gasteiger partial charge in [0.1, 0.15) is 6.04 Å². The van der Waals surface area contributed by atoms with Crippen LogP contribution >= 0.6 is 0 Å². The highest BCUT2D eigenvalue weighted by Gasteiger charge is 2.30. The van der Waals surface area contributed by atoms with Gasteiger partial charge in [0.15, 0.2) is 0 Å². The SMILES string of the molecule is CN(CCN1CCC[C@H]1C(=O)O)C(=O)c1cccc(C(=O)Nc2ccc(N3CCCCC3)cc2-c2cc(C(=O)NC3CCCc4ccccc43)ccn2)c1. The quantitative estimate of drug-likeness (QED) is 0.161. The molecule has 1 aliphatic carbocycles. The Balaban J connectivity index is 1.10. The fourth-order valence-corrected chi connectivity index (χ4v) is 8.03. The lowest BCUT2D eigenvalue weighted by atomic mass is 9.87. The van der Waals surface area contributed by atoms with E-state index in [0.29, 0.717) is 59.7 Å². The van der Waals surface area contributed by atoms with E-state index in [1.165, 1.54) is 17.5 Å². The minimum absolute atomic E-state index is 0.0619. The first-order valence-electron chi connectivity index (χ1n) is 19.1. The zero-order valence-electron chi connectivity index (χ0n) is 30.8. The van der Waals surface area contributed by atoms with Gasteiger partial charge < -0.3 is 25.5 Å². The van der Waals surface area contributed by atoms with Gasteiger partial charge in [-0.15, -0.1) is 0 Å². The molecule has 2 atom stereocenters.